The highest BCUT2D eigenvalue weighted by atomic mass is 79.9. The molecule has 0 saturated heterocycles. The molecule has 0 aliphatic carbocycles. The number of nitrogens with one attached hydrogen (secondary N) is 1. The summed E-state index contributed by atoms with van der Waals surface area (Å²) in [5.74, 6) is -0.515. The Kier molecular flexibility index (Phi) is 10.9. The number of nitrogens with zero attached hydrogens (tertiary/aromatic N) is 2. The lowest BCUT2D eigenvalue weighted by Gasteiger charge is -2.30. The van der Waals surface area contributed by atoms with Gasteiger partial charge in [0.2, 0.25) is 21.8 Å². The van der Waals surface area contributed by atoms with E-state index in [0.717, 1.165) is 20.6 Å². The molecule has 2 aromatic carbocycles. The minimum absolute atomic E-state index is 0.0311. The second kappa shape index (κ2) is 12.9. The molecule has 0 aliphatic rings. The third-order valence-electron chi connectivity index (χ3n) is 5.19. The third-order valence-corrected chi connectivity index (χ3v) is 7.46. The molecule has 35 heavy (non-hydrogen) atoms. The molecule has 0 fully saturated rings. The maximum atomic E-state index is 13.3. The van der Waals surface area contributed by atoms with Crippen LogP contribution in [0, 0.1) is 0 Å². The lowest BCUT2D eigenvalue weighted by atomic mass is 10.1. The number of benzene rings is 2. The van der Waals surface area contributed by atoms with Gasteiger partial charge in [0.25, 0.3) is 0 Å². The van der Waals surface area contributed by atoms with Gasteiger partial charge in [0.05, 0.1) is 17.0 Å². The van der Waals surface area contributed by atoms with Crippen LogP contribution in [0.1, 0.15) is 39.2 Å². The van der Waals surface area contributed by atoms with Crippen LogP contribution in [-0.4, -0.2) is 50.0 Å². The molecule has 192 valence electrons. The second-order valence-corrected chi connectivity index (χ2v) is 12.2. The lowest BCUT2D eigenvalue weighted by Crippen LogP contribution is -2.49. The quantitative estimate of drug-likeness (QED) is 0.379. The summed E-state index contributed by atoms with van der Waals surface area (Å²) in [6.45, 7) is 5.67. The summed E-state index contributed by atoms with van der Waals surface area (Å²) in [4.78, 5) is 27.5. The number of hydrogen-bond acceptors (Lipinski definition) is 4. The van der Waals surface area contributed by atoms with Crippen molar-refractivity contribution >= 4 is 66.7 Å². The monoisotopic (exact) mass is 605 g/mol. The van der Waals surface area contributed by atoms with E-state index in [1.165, 1.54) is 17.0 Å². The number of sulfonamides is 1. The predicted molar refractivity (Wildman–Crippen MR) is 145 cm³/mol. The van der Waals surface area contributed by atoms with Crippen LogP contribution in [0.5, 0.6) is 0 Å². The van der Waals surface area contributed by atoms with Gasteiger partial charge in [-0.3, -0.25) is 13.9 Å². The zero-order valence-corrected chi connectivity index (χ0v) is 24.0. The van der Waals surface area contributed by atoms with Gasteiger partial charge >= 0.3 is 0 Å². The number of carbonyl (C=O) groups excluding carboxylic acids is 2. The maximum Gasteiger partial charge on any atom is 0.242 e. The van der Waals surface area contributed by atoms with Crippen molar-refractivity contribution in [1.82, 2.24) is 10.2 Å². The smallest absolute Gasteiger partial charge is 0.242 e. The minimum Gasteiger partial charge on any atom is -0.352 e. The van der Waals surface area contributed by atoms with Gasteiger partial charge in [-0.05, 0) is 63.1 Å². The zero-order chi connectivity index (χ0) is 26.3. The minimum atomic E-state index is -3.67. The molecule has 1 atom stereocenters. The first-order valence-corrected chi connectivity index (χ1v) is 14.5. The van der Waals surface area contributed by atoms with Crippen molar-refractivity contribution in [3.05, 3.63) is 62.5 Å². The number of rotatable bonds is 11. The second-order valence-electron chi connectivity index (χ2n) is 8.52. The van der Waals surface area contributed by atoms with E-state index in [0.29, 0.717) is 5.02 Å². The van der Waals surface area contributed by atoms with Gasteiger partial charge in [-0.15, -0.1) is 0 Å². The van der Waals surface area contributed by atoms with E-state index in [1.807, 2.05) is 38.1 Å². The Morgan fingerprint density at radius 1 is 1.06 bits per heavy atom. The third kappa shape index (κ3) is 8.97. The molecule has 0 spiro atoms. The van der Waals surface area contributed by atoms with E-state index in [-0.39, 0.29) is 54.5 Å². The number of hydrogen-bond donors (Lipinski definition) is 1. The van der Waals surface area contributed by atoms with E-state index in [4.69, 9.17) is 23.2 Å². The molecule has 0 saturated carbocycles. The normalized spacial score (nSPS) is 12.3. The van der Waals surface area contributed by atoms with Gasteiger partial charge in [-0.1, -0.05) is 51.3 Å². The van der Waals surface area contributed by atoms with Crippen molar-refractivity contribution in [2.24, 2.45) is 0 Å². The number of halogens is 3. The van der Waals surface area contributed by atoms with Crippen molar-refractivity contribution in [2.45, 2.75) is 52.2 Å². The first-order valence-electron chi connectivity index (χ1n) is 11.1. The summed E-state index contributed by atoms with van der Waals surface area (Å²) in [6, 6.07) is 11.3. The van der Waals surface area contributed by atoms with Crippen molar-refractivity contribution in [3.8, 4) is 0 Å². The number of amides is 2. The van der Waals surface area contributed by atoms with Crippen LogP contribution in [0.2, 0.25) is 10.0 Å². The standard InChI is InChI=1S/C24H30BrCl2N3O4S/c1-16(2)28-24(32)17(3)29(15-18-7-9-19(25)10-8-18)23(31)6-5-13-30(35(4,33)34)22-14-20(26)11-12-21(22)27/h7-12,14,16-17H,5-6,13,15H2,1-4H3,(H,28,32)/t17-/m1/s1. The molecule has 7 nitrogen and oxygen atoms in total. The summed E-state index contributed by atoms with van der Waals surface area (Å²) < 4.78 is 26.9. The molecule has 2 aromatic rings. The predicted octanol–water partition coefficient (Wildman–Crippen LogP) is 5.24. The van der Waals surface area contributed by atoms with Crippen molar-refractivity contribution in [1.29, 1.82) is 0 Å². The van der Waals surface area contributed by atoms with Gasteiger partial charge in [0, 0.05) is 35.0 Å². The highest BCUT2D eigenvalue weighted by Gasteiger charge is 2.27. The van der Waals surface area contributed by atoms with E-state index in [9.17, 15) is 18.0 Å². The molecule has 0 heterocycles. The van der Waals surface area contributed by atoms with Gasteiger partial charge in [-0.25, -0.2) is 8.42 Å². The summed E-state index contributed by atoms with van der Waals surface area (Å²) >= 11 is 15.7. The highest BCUT2D eigenvalue weighted by molar-refractivity contribution is 9.10. The van der Waals surface area contributed by atoms with Gasteiger partial charge in [0.1, 0.15) is 6.04 Å². The average Bonchev–Trinajstić information content (AvgIpc) is 2.76. The summed E-state index contributed by atoms with van der Waals surface area (Å²) in [7, 11) is -3.67. The molecule has 0 aromatic heterocycles. The molecule has 2 rings (SSSR count). The summed E-state index contributed by atoms with van der Waals surface area (Å²) in [5, 5.41) is 3.43. The molecular formula is C24H30BrCl2N3O4S. The van der Waals surface area contributed by atoms with E-state index < -0.39 is 16.1 Å². The van der Waals surface area contributed by atoms with Crippen LogP contribution in [0.4, 0.5) is 5.69 Å². The first-order chi connectivity index (χ1) is 16.3. The lowest BCUT2D eigenvalue weighted by molar-refractivity contribution is -0.140. The summed E-state index contributed by atoms with van der Waals surface area (Å²) in [6.07, 6.45) is 1.34. The Labute approximate surface area is 225 Å². The van der Waals surface area contributed by atoms with Crippen LogP contribution >= 0.6 is 39.1 Å². The Morgan fingerprint density at radius 2 is 1.69 bits per heavy atom. The Morgan fingerprint density at radius 3 is 2.26 bits per heavy atom. The fourth-order valence-electron chi connectivity index (χ4n) is 3.43. The topological polar surface area (TPSA) is 86.8 Å². The van der Waals surface area contributed by atoms with Crippen molar-refractivity contribution in [2.75, 3.05) is 17.1 Å². The highest BCUT2D eigenvalue weighted by Crippen LogP contribution is 2.31. The van der Waals surface area contributed by atoms with Crippen molar-refractivity contribution < 1.29 is 18.0 Å². The van der Waals surface area contributed by atoms with Gasteiger partial charge in [0.15, 0.2) is 0 Å². The molecule has 0 aliphatic heterocycles. The number of carbonyl (C=O) groups is 2. The Balaban J connectivity index is 2.20. The van der Waals surface area contributed by atoms with Gasteiger partial charge < -0.3 is 10.2 Å². The maximum absolute atomic E-state index is 13.3. The Hall–Kier alpha value is -1.81. The first kappa shape index (κ1) is 29.4. The Bertz CT molecular complexity index is 1140. The fraction of sp³-hybridized carbons (Fsp3) is 0.417. The molecule has 1 N–H and O–H groups in total. The van der Waals surface area contributed by atoms with Crippen molar-refractivity contribution in [3.63, 3.8) is 0 Å². The number of anilines is 1. The van der Waals surface area contributed by atoms with E-state index >= 15 is 0 Å². The van der Waals surface area contributed by atoms with Crippen LogP contribution in [0.3, 0.4) is 0 Å². The average molecular weight is 607 g/mol. The van der Waals surface area contributed by atoms with Crippen LogP contribution in [0.15, 0.2) is 46.9 Å². The largest absolute Gasteiger partial charge is 0.352 e. The molecule has 2 amide bonds. The molecule has 11 heteroatoms. The van der Waals surface area contributed by atoms with E-state index in [2.05, 4.69) is 21.2 Å². The summed E-state index contributed by atoms with van der Waals surface area (Å²) in [5.41, 5.74) is 1.12. The molecule has 0 unspecified atom stereocenters. The molecular weight excluding hydrogens is 577 g/mol. The molecule has 0 radical (unpaired) electrons. The zero-order valence-electron chi connectivity index (χ0n) is 20.1. The SMILES string of the molecule is CC(C)NC(=O)[C@@H](C)N(Cc1ccc(Br)cc1)C(=O)CCCN(c1cc(Cl)ccc1Cl)S(C)(=O)=O. The molecule has 0 bridgehead atoms. The van der Waals surface area contributed by atoms with E-state index in [1.54, 1.807) is 13.0 Å². The van der Waals surface area contributed by atoms with Gasteiger partial charge in [-0.2, -0.15) is 0 Å². The van der Waals surface area contributed by atoms with Crippen LogP contribution in [0.25, 0.3) is 0 Å². The van der Waals surface area contributed by atoms with Crippen LogP contribution in [-0.2, 0) is 26.2 Å². The fourth-order valence-corrected chi connectivity index (χ4v) is 5.10. The van der Waals surface area contributed by atoms with Crippen LogP contribution < -0.4 is 9.62 Å².